The molecule has 1 heterocycles. The monoisotopic (exact) mass is 275 g/mol. The van der Waals surface area contributed by atoms with Crippen LogP contribution in [0.15, 0.2) is 35.7 Å². The third kappa shape index (κ3) is 2.49. The van der Waals surface area contributed by atoms with Gasteiger partial charge >= 0.3 is 5.97 Å². The van der Waals surface area contributed by atoms with Gasteiger partial charge < -0.3 is 9.67 Å². The van der Waals surface area contributed by atoms with Crippen molar-refractivity contribution in [1.29, 1.82) is 0 Å². The zero-order chi connectivity index (χ0) is 13.2. The topological polar surface area (TPSA) is 68.0 Å². The molecule has 0 atom stereocenters. The van der Waals surface area contributed by atoms with Crippen LogP contribution in [-0.2, 0) is 17.6 Å². The molecular weight excluding hydrogens is 262 g/mol. The van der Waals surface area contributed by atoms with E-state index in [4.69, 9.17) is 5.11 Å². The van der Waals surface area contributed by atoms with E-state index in [0.29, 0.717) is 11.2 Å². The largest absolute Gasteiger partial charge is 0.481 e. The Labute approximate surface area is 114 Å². The number of benzene rings is 1. The summed E-state index contributed by atoms with van der Waals surface area (Å²) < 4.78 is 1.99. The number of carboxylic acid groups (broad SMARTS) is 1. The van der Waals surface area contributed by atoms with E-state index in [2.05, 4.69) is 22.3 Å². The summed E-state index contributed by atoms with van der Waals surface area (Å²) in [7, 11) is 0. The molecule has 0 aliphatic heterocycles. The average Bonchev–Trinajstić information content (AvgIpc) is 3.02. The van der Waals surface area contributed by atoms with Gasteiger partial charge in [0.2, 0.25) is 0 Å². The third-order valence-electron chi connectivity index (χ3n) is 3.29. The van der Waals surface area contributed by atoms with Crippen LogP contribution in [0.4, 0.5) is 0 Å². The summed E-state index contributed by atoms with van der Waals surface area (Å²) in [5.74, 6) is -0.826. The van der Waals surface area contributed by atoms with E-state index in [9.17, 15) is 4.79 Å². The van der Waals surface area contributed by atoms with Gasteiger partial charge in [-0.3, -0.25) is 4.79 Å². The Hall–Kier alpha value is -1.82. The minimum Gasteiger partial charge on any atom is -0.481 e. The van der Waals surface area contributed by atoms with E-state index in [1.165, 1.54) is 22.9 Å². The molecule has 2 aromatic rings. The normalized spacial score (nSPS) is 14.5. The van der Waals surface area contributed by atoms with Gasteiger partial charge in [-0.15, -0.1) is 10.2 Å². The van der Waals surface area contributed by atoms with Gasteiger partial charge in [0.1, 0.15) is 6.33 Å². The lowest BCUT2D eigenvalue weighted by molar-refractivity contribution is -0.133. The molecule has 3 rings (SSSR count). The zero-order valence-corrected chi connectivity index (χ0v) is 11.0. The smallest absolute Gasteiger partial charge is 0.313 e. The molecule has 6 heteroatoms. The maximum absolute atomic E-state index is 10.6. The molecule has 0 bridgehead atoms. The van der Waals surface area contributed by atoms with Crippen molar-refractivity contribution in [2.45, 2.75) is 24.0 Å². The van der Waals surface area contributed by atoms with E-state index in [1.54, 1.807) is 6.33 Å². The second kappa shape index (κ2) is 5.05. The van der Waals surface area contributed by atoms with Crippen LogP contribution in [0.2, 0.25) is 0 Å². The molecule has 19 heavy (non-hydrogen) atoms. The van der Waals surface area contributed by atoms with E-state index in [0.717, 1.165) is 12.8 Å². The molecule has 0 spiro atoms. The van der Waals surface area contributed by atoms with Gasteiger partial charge in [-0.1, -0.05) is 36.0 Å². The van der Waals surface area contributed by atoms with Crippen molar-refractivity contribution in [3.63, 3.8) is 0 Å². The Balaban J connectivity index is 1.78. The summed E-state index contributed by atoms with van der Waals surface area (Å²) in [5, 5.41) is 17.3. The van der Waals surface area contributed by atoms with Crippen molar-refractivity contribution < 1.29 is 9.90 Å². The Morgan fingerprint density at radius 1 is 1.37 bits per heavy atom. The van der Waals surface area contributed by atoms with E-state index < -0.39 is 5.97 Å². The molecule has 1 aromatic carbocycles. The summed E-state index contributed by atoms with van der Waals surface area (Å²) in [4.78, 5) is 10.6. The van der Waals surface area contributed by atoms with Gasteiger partial charge in [0.05, 0.1) is 5.75 Å². The lowest BCUT2D eigenvalue weighted by Crippen LogP contribution is -2.10. The van der Waals surface area contributed by atoms with Crippen LogP contribution in [0.3, 0.4) is 0 Å². The van der Waals surface area contributed by atoms with Crippen molar-refractivity contribution in [3.05, 3.63) is 41.7 Å². The Morgan fingerprint density at radius 3 is 2.68 bits per heavy atom. The second-order valence-corrected chi connectivity index (χ2v) is 5.48. The number of aromatic nitrogens is 3. The standard InChI is InChI=1S/C13H13N3O2S/c17-12(18)7-19-13-15-14-8-16(13)11-5-9-3-1-2-4-10(9)6-11/h1-4,8,11H,5-7H2,(H,17,18). The number of carboxylic acids is 1. The maximum Gasteiger partial charge on any atom is 0.313 e. The summed E-state index contributed by atoms with van der Waals surface area (Å²) in [6.07, 6.45) is 3.60. The molecule has 0 radical (unpaired) electrons. The Kier molecular flexibility index (Phi) is 3.25. The summed E-state index contributed by atoms with van der Waals surface area (Å²) in [6, 6.07) is 8.68. The van der Waals surface area contributed by atoms with Crippen LogP contribution in [-0.4, -0.2) is 31.6 Å². The van der Waals surface area contributed by atoms with E-state index >= 15 is 0 Å². The number of carbonyl (C=O) groups is 1. The first kappa shape index (κ1) is 12.2. The Morgan fingerprint density at radius 2 is 2.05 bits per heavy atom. The van der Waals surface area contributed by atoms with Gasteiger partial charge in [-0.05, 0) is 24.0 Å². The van der Waals surface area contributed by atoms with Gasteiger partial charge in [-0.2, -0.15) is 0 Å². The SMILES string of the molecule is O=C(O)CSc1nncn1C1Cc2ccccc2C1. The molecule has 1 N–H and O–H groups in total. The van der Waals surface area contributed by atoms with Crippen molar-refractivity contribution in [2.75, 3.05) is 5.75 Å². The number of rotatable bonds is 4. The fraction of sp³-hybridized carbons (Fsp3) is 0.308. The summed E-state index contributed by atoms with van der Waals surface area (Å²) in [6.45, 7) is 0. The molecule has 1 aliphatic carbocycles. The molecule has 0 saturated heterocycles. The molecule has 1 aromatic heterocycles. The first-order valence-electron chi connectivity index (χ1n) is 6.05. The van der Waals surface area contributed by atoms with Crippen LogP contribution in [0.1, 0.15) is 17.2 Å². The molecular formula is C13H13N3O2S. The third-order valence-corrected chi connectivity index (χ3v) is 4.23. The molecule has 0 fully saturated rings. The molecule has 1 aliphatic rings. The van der Waals surface area contributed by atoms with Crippen LogP contribution < -0.4 is 0 Å². The predicted molar refractivity (Wildman–Crippen MR) is 71.3 cm³/mol. The van der Waals surface area contributed by atoms with Crippen LogP contribution >= 0.6 is 11.8 Å². The molecule has 0 saturated carbocycles. The van der Waals surface area contributed by atoms with Crippen molar-refractivity contribution in [1.82, 2.24) is 14.8 Å². The van der Waals surface area contributed by atoms with Gasteiger partial charge in [-0.25, -0.2) is 0 Å². The first-order valence-corrected chi connectivity index (χ1v) is 7.03. The number of hydrogen-bond donors (Lipinski definition) is 1. The zero-order valence-electron chi connectivity index (χ0n) is 10.2. The number of hydrogen-bond acceptors (Lipinski definition) is 4. The second-order valence-electron chi connectivity index (χ2n) is 4.53. The summed E-state index contributed by atoms with van der Waals surface area (Å²) in [5.41, 5.74) is 2.71. The number of thioether (sulfide) groups is 1. The number of fused-ring (bicyclic) bond motifs is 1. The molecule has 0 unspecified atom stereocenters. The summed E-state index contributed by atoms with van der Waals surface area (Å²) >= 11 is 1.22. The Bertz CT molecular complexity index is 586. The minimum absolute atomic E-state index is 0.0123. The molecule has 5 nitrogen and oxygen atoms in total. The van der Waals surface area contributed by atoms with Crippen molar-refractivity contribution in [2.24, 2.45) is 0 Å². The predicted octanol–water partition coefficient (Wildman–Crippen LogP) is 1.79. The first-order chi connectivity index (χ1) is 9.24. The van der Waals surface area contributed by atoms with Crippen LogP contribution in [0.5, 0.6) is 0 Å². The van der Waals surface area contributed by atoms with Crippen molar-refractivity contribution >= 4 is 17.7 Å². The highest BCUT2D eigenvalue weighted by Crippen LogP contribution is 2.32. The quantitative estimate of drug-likeness (QED) is 0.862. The fourth-order valence-electron chi connectivity index (χ4n) is 2.44. The number of aliphatic carboxylic acids is 1. The number of nitrogens with zero attached hydrogens (tertiary/aromatic N) is 3. The van der Waals surface area contributed by atoms with Gasteiger partial charge in [0.15, 0.2) is 5.16 Å². The van der Waals surface area contributed by atoms with Gasteiger partial charge in [0.25, 0.3) is 0 Å². The highest BCUT2D eigenvalue weighted by Gasteiger charge is 2.24. The maximum atomic E-state index is 10.6. The van der Waals surface area contributed by atoms with Crippen molar-refractivity contribution in [3.8, 4) is 0 Å². The van der Waals surface area contributed by atoms with E-state index in [-0.39, 0.29) is 5.75 Å². The molecule has 98 valence electrons. The minimum atomic E-state index is -0.839. The fourth-order valence-corrected chi connectivity index (χ4v) is 3.15. The highest BCUT2D eigenvalue weighted by atomic mass is 32.2. The highest BCUT2D eigenvalue weighted by molar-refractivity contribution is 7.99. The lowest BCUT2D eigenvalue weighted by atomic mass is 10.1. The van der Waals surface area contributed by atoms with Crippen LogP contribution in [0, 0.1) is 0 Å². The molecule has 0 amide bonds. The van der Waals surface area contributed by atoms with Gasteiger partial charge in [0, 0.05) is 6.04 Å². The average molecular weight is 275 g/mol. The van der Waals surface area contributed by atoms with Crippen LogP contribution in [0.25, 0.3) is 0 Å². The lowest BCUT2D eigenvalue weighted by Gasteiger charge is -2.12. The van der Waals surface area contributed by atoms with E-state index in [1.807, 2.05) is 16.7 Å².